The SMILES string of the molecule is COc1cccc(C23CCN(CCc4ccccc4)CC2(O)CC(O)C(O)C3)c1. The first-order valence-electron chi connectivity index (χ1n) is 10.5. The monoisotopic (exact) mass is 397 g/mol. The van der Waals surface area contributed by atoms with Crippen molar-refractivity contribution >= 4 is 0 Å². The quantitative estimate of drug-likeness (QED) is 0.721. The molecule has 3 N–H and O–H groups in total. The molecule has 1 aliphatic carbocycles. The Kier molecular flexibility index (Phi) is 5.67. The Labute approximate surface area is 172 Å². The van der Waals surface area contributed by atoms with Crippen LogP contribution in [0, 0.1) is 0 Å². The predicted octanol–water partition coefficient (Wildman–Crippen LogP) is 2.13. The number of aliphatic hydroxyl groups is 3. The van der Waals surface area contributed by atoms with E-state index in [0.29, 0.717) is 13.0 Å². The van der Waals surface area contributed by atoms with Gasteiger partial charge in [-0.2, -0.15) is 0 Å². The molecule has 5 nitrogen and oxygen atoms in total. The smallest absolute Gasteiger partial charge is 0.119 e. The third-order valence-electron chi connectivity index (χ3n) is 6.96. The van der Waals surface area contributed by atoms with E-state index in [2.05, 4.69) is 17.0 Å². The van der Waals surface area contributed by atoms with Crippen LogP contribution in [-0.4, -0.2) is 64.8 Å². The van der Waals surface area contributed by atoms with Crippen LogP contribution in [0.1, 0.15) is 30.4 Å². The predicted molar refractivity (Wildman–Crippen MR) is 112 cm³/mol. The lowest BCUT2D eigenvalue weighted by atomic mass is 9.55. The van der Waals surface area contributed by atoms with Gasteiger partial charge in [-0.25, -0.2) is 0 Å². The fourth-order valence-electron chi connectivity index (χ4n) is 5.28. The lowest BCUT2D eigenvalue weighted by molar-refractivity contribution is -0.178. The van der Waals surface area contributed by atoms with Gasteiger partial charge in [0.1, 0.15) is 5.75 Å². The highest BCUT2D eigenvalue weighted by molar-refractivity contribution is 5.39. The lowest BCUT2D eigenvalue weighted by Crippen LogP contribution is -2.68. The molecule has 1 saturated carbocycles. The molecule has 2 aromatic rings. The van der Waals surface area contributed by atoms with Crippen molar-refractivity contribution < 1.29 is 20.1 Å². The number of benzene rings is 2. The first-order chi connectivity index (χ1) is 14.0. The summed E-state index contributed by atoms with van der Waals surface area (Å²) in [7, 11) is 1.63. The van der Waals surface area contributed by atoms with E-state index in [4.69, 9.17) is 4.74 Å². The summed E-state index contributed by atoms with van der Waals surface area (Å²) in [5, 5.41) is 32.7. The summed E-state index contributed by atoms with van der Waals surface area (Å²) < 4.78 is 5.41. The largest absolute Gasteiger partial charge is 0.497 e. The number of likely N-dealkylation sites (tertiary alicyclic amines) is 1. The zero-order chi connectivity index (χ0) is 20.5. The number of fused-ring (bicyclic) bond motifs is 1. The zero-order valence-electron chi connectivity index (χ0n) is 17.0. The Bertz CT molecular complexity index is 829. The maximum Gasteiger partial charge on any atom is 0.119 e. The van der Waals surface area contributed by atoms with E-state index >= 15 is 0 Å². The minimum absolute atomic E-state index is 0.174. The molecular formula is C24H31NO4. The van der Waals surface area contributed by atoms with Crippen molar-refractivity contribution in [3.63, 3.8) is 0 Å². The molecule has 0 radical (unpaired) electrons. The summed E-state index contributed by atoms with van der Waals surface area (Å²) in [6.45, 7) is 2.19. The molecule has 2 aliphatic rings. The summed E-state index contributed by atoms with van der Waals surface area (Å²) in [5.74, 6) is 0.742. The van der Waals surface area contributed by atoms with Crippen LogP contribution in [0.15, 0.2) is 54.6 Å². The summed E-state index contributed by atoms with van der Waals surface area (Å²) in [6.07, 6.45) is 0.436. The molecule has 4 unspecified atom stereocenters. The van der Waals surface area contributed by atoms with E-state index in [1.165, 1.54) is 5.56 Å². The standard InChI is InChI=1S/C24H31NO4/c1-29-20-9-5-8-19(14-20)23-11-13-25(12-10-18-6-3-2-4-7-18)17-24(23,28)16-22(27)21(26)15-23/h2-9,14,21-22,26-28H,10-13,15-17H2,1H3. The van der Waals surface area contributed by atoms with Gasteiger partial charge in [0, 0.05) is 24.9 Å². The average molecular weight is 398 g/mol. The summed E-state index contributed by atoms with van der Waals surface area (Å²) in [5.41, 5.74) is 0.562. The summed E-state index contributed by atoms with van der Waals surface area (Å²) in [6, 6.07) is 18.2. The number of hydrogen-bond acceptors (Lipinski definition) is 5. The Morgan fingerprint density at radius 3 is 2.55 bits per heavy atom. The molecule has 4 atom stereocenters. The molecule has 5 heteroatoms. The maximum absolute atomic E-state index is 11.9. The van der Waals surface area contributed by atoms with Gasteiger partial charge in [-0.1, -0.05) is 42.5 Å². The van der Waals surface area contributed by atoms with Crippen LogP contribution < -0.4 is 4.74 Å². The number of ether oxygens (including phenoxy) is 1. The molecule has 29 heavy (non-hydrogen) atoms. The van der Waals surface area contributed by atoms with Crippen LogP contribution in [0.5, 0.6) is 5.75 Å². The highest BCUT2D eigenvalue weighted by Crippen LogP contribution is 2.52. The molecule has 0 aromatic heterocycles. The highest BCUT2D eigenvalue weighted by Gasteiger charge is 2.59. The molecule has 1 aliphatic heterocycles. The first-order valence-corrected chi connectivity index (χ1v) is 10.5. The Balaban J connectivity index is 1.60. The third-order valence-corrected chi connectivity index (χ3v) is 6.96. The number of nitrogens with zero attached hydrogens (tertiary/aromatic N) is 1. The summed E-state index contributed by atoms with van der Waals surface area (Å²) >= 11 is 0. The van der Waals surface area contributed by atoms with Gasteiger partial charge in [-0.3, -0.25) is 0 Å². The van der Waals surface area contributed by atoms with Gasteiger partial charge in [0.15, 0.2) is 0 Å². The van der Waals surface area contributed by atoms with Crippen LogP contribution in [0.4, 0.5) is 0 Å². The second-order valence-corrected chi connectivity index (χ2v) is 8.65. The molecule has 1 heterocycles. The Hall–Kier alpha value is -1.92. The molecule has 2 fully saturated rings. The van der Waals surface area contributed by atoms with E-state index in [1.54, 1.807) is 7.11 Å². The summed E-state index contributed by atoms with van der Waals surface area (Å²) in [4.78, 5) is 2.29. The van der Waals surface area contributed by atoms with E-state index in [1.807, 2.05) is 42.5 Å². The van der Waals surface area contributed by atoms with Crippen LogP contribution in [0.25, 0.3) is 0 Å². The van der Waals surface area contributed by atoms with Gasteiger partial charge >= 0.3 is 0 Å². The minimum Gasteiger partial charge on any atom is -0.497 e. The van der Waals surface area contributed by atoms with Crippen molar-refractivity contribution in [3.8, 4) is 5.75 Å². The third kappa shape index (κ3) is 3.80. The average Bonchev–Trinajstić information content (AvgIpc) is 2.74. The van der Waals surface area contributed by atoms with E-state index < -0.39 is 23.2 Å². The van der Waals surface area contributed by atoms with Crippen LogP contribution in [0.3, 0.4) is 0 Å². The van der Waals surface area contributed by atoms with Gasteiger partial charge in [0.2, 0.25) is 0 Å². The second-order valence-electron chi connectivity index (χ2n) is 8.65. The van der Waals surface area contributed by atoms with Crippen molar-refractivity contribution in [1.82, 2.24) is 4.90 Å². The number of methoxy groups -OCH3 is 1. The highest BCUT2D eigenvalue weighted by atomic mass is 16.5. The molecule has 0 spiro atoms. The molecule has 1 saturated heterocycles. The van der Waals surface area contributed by atoms with Gasteiger partial charge < -0.3 is 25.0 Å². The van der Waals surface area contributed by atoms with Gasteiger partial charge in [0.25, 0.3) is 0 Å². The maximum atomic E-state index is 11.9. The van der Waals surface area contributed by atoms with Crippen molar-refractivity contribution in [2.75, 3.05) is 26.7 Å². The minimum atomic E-state index is -1.10. The number of piperidine rings is 1. The molecule has 4 rings (SSSR count). The molecule has 0 bridgehead atoms. The number of aliphatic hydroxyl groups excluding tert-OH is 2. The van der Waals surface area contributed by atoms with E-state index in [9.17, 15) is 15.3 Å². The van der Waals surface area contributed by atoms with E-state index in [0.717, 1.165) is 37.2 Å². The lowest BCUT2D eigenvalue weighted by Gasteiger charge is -2.58. The Morgan fingerprint density at radius 2 is 1.79 bits per heavy atom. The van der Waals surface area contributed by atoms with Crippen molar-refractivity contribution in [3.05, 3.63) is 65.7 Å². The van der Waals surface area contributed by atoms with Crippen molar-refractivity contribution in [2.24, 2.45) is 0 Å². The topological polar surface area (TPSA) is 73.2 Å². The van der Waals surface area contributed by atoms with Gasteiger partial charge in [-0.15, -0.1) is 0 Å². The fraction of sp³-hybridized carbons (Fsp3) is 0.500. The first kappa shape index (κ1) is 20.4. The molecule has 2 aromatic carbocycles. The fourth-order valence-corrected chi connectivity index (χ4v) is 5.28. The number of β-amino-alcohol motifs (C(OH)–C–C–N with tert-alkyl or cyclic N) is 1. The molecule has 156 valence electrons. The normalized spacial score (nSPS) is 32.6. The van der Waals surface area contributed by atoms with Crippen molar-refractivity contribution in [1.29, 1.82) is 0 Å². The van der Waals surface area contributed by atoms with Crippen LogP contribution in [-0.2, 0) is 11.8 Å². The van der Waals surface area contributed by atoms with Crippen LogP contribution in [0.2, 0.25) is 0 Å². The van der Waals surface area contributed by atoms with Gasteiger partial charge in [0.05, 0.1) is 24.9 Å². The second kappa shape index (κ2) is 8.07. The number of hydrogen-bond donors (Lipinski definition) is 3. The molecule has 0 amide bonds. The molecular weight excluding hydrogens is 366 g/mol. The van der Waals surface area contributed by atoms with Gasteiger partial charge in [-0.05, 0) is 49.1 Å². The van der Waals surface area contributed by atoms with E-state index in [-0.39, 0.29) is 6.42 Å². The van der Waals surface area contributed by atoms with Crippen LogP contribution >= 0.6 is 0 Å². The van der Waals surface area contributed by atoms with Crippen molar-refractivity contribution in [2.45, 2.75) is 48.9 Å². The Morgan fingerprint density at radius 1 is 1.03 bits per heavy atom. The number of rotatable bonds is 5. The zero-order valence-corrected chi connectivity index (χ0v) is 17.0.